The van der Waals surface area contributed by atoms with Crippen LogP contribution in [0.2, 0.25) is 0 Å². The van der Waals surface area contributed by atoms with E-state index in [1.807, 2.05) is 6.07 Å². The Morgan fingerprint density at radius 1 is 1.47 bits per heavy atom. The third-order valence-corrected chi connectivity index (χ3v) is 2.64. The van der Waals surface area contributed by atoms with E-state index in [0.717, 1.165) is 11.3 Å². The lowest BCUT2D eigenvalue weighted by Gasteiger charge is -2.02. The number of nitrogens with two attached hydrogens (primary N) is 1. The van der Waals surface area contributed by atoms with E-state index in [4.69, 9.17) is 10.8 Å². The first-order chi connectivity index (χ1) is 9.16. The summed E-state index contributed by atoms with van der Waals surface area (Å²) in [5.41, 5.74) is 7.09. The molecule has 0 aliphatic carbocycles. The van der Waals surface area contributed by atoms with E-state index in [0.29, 0.717) is 13.0 Å². The van der Waals surface area contributed by atoms with E-state index in [1.54, 1.807) is 29.3 Å². The predicted octanol–water partition coefficient (Wildman–Crippen LogP) is -0.372. The van der Waals surface area contributed by atoms with Crippen LogP contribution in [0.15, 0.2) is 37.1 Å². The summed E-state index contributed by atoms with van der Waals surface area (Å²) in [7, 11) is 0. The van der Waals surface area contributed by atoms with Gasteiger partial charge in [0, 0.05) is 24.2 Å². The van der Waals surface area contributed by atoms with Gasteiger partial charge in [-0.3, -0.25) is 4.79 Å². The minimum Gasteiger partial charge on any atom is -0.480 e. The van der Waals surface area contributed by atoms with Crippen LogP contribution in [-0.4, -0.2) is 32.2 Å². The van der Waals surface area contributed by atoms with Crippen molar-refractivity contribution >= 4 is 5.97 Å². The molecule has 0 aliphatic heterocycles. The molecular formula is C12H14N5O2+. The second kappa shape index (κ2) is 5.96. The van der Waals surface area contributed by atoms with Gasteiger partial charge in [-0.1, -0.05) is 4.68 Å². The predicted molar refractivity (Wildman–Crippen MR) is 65.7 cm³/mol. The minimum absolute atomic E-state index is 0.333. The molecule has 7 heteroatoms. The molecule has 19 heavy (non-hydrogen) atoms. The van der Waals surface area contributed by atoms with Gasteiger partial charge in [0.05, 0.1) is 5.69 Å². The van der Waals surface area contributed by atoms with Crippen LogP contribution in [0.5, 0.6) is 0 Å². The number of hydrogen-bond donors (Lipinski definition) is 2. The third-order valence-electron chi connectivity index (χ3n) is 2.64. The zero-order valence-corrected chi connectivity index (χ0v) is 10.2. The fourth-order valence-electron chi connectivity index (χ4n) is 1.52. The Morgan fingerprint density at radius 3 is 2.89 bits per heavy atom. The summed E-state index contributed by atoms with van der Waals surface area (Å²) in [6.45, 7) is 0.456. The van der Waals surface area contributed by atoms with Gasteiger partial charge < -0.3 is 10.8 Å². The Morgan fingerprint density at radius 2 is 2.32 bits per heavy atom. The number of hydrogen-bond acceptors (Lipinski definition) is 5. The lowest BCUT2D eigenvalue weighted by molar-refractivity contribution is -0.754. The number of rotatable bonds is 5. The maximum absolute atomic E-state index is 10.6. The molecule has 0 aliphatic rings. The van der Waals surface area contributed by atoms with E-state index in [9.17, 15) is 4.79 Å². The van der Waals surface area contributed by atoms with Crippen LogP contribution in [0.25, 0.3) is 11.3 Å². The molecule has 0 unspecified atom stereocenters. The van der Waals surface area contributed by atoms with Crippen molar-refractivity contribution in [2.24, 2.45) is 5.73 Å². The molecule has 0 saturated carbocycles. The van der Waals surface area contributed by atoms with E-state index < -0.39 is 12.0 Å². The van der Waals surface area contributed by atoms with Gasteiger partial charge in [0.25, 0.3) is 0 Å². The van der Waals surface area contributed by atoms with Gasteiger partial charge in [-0.05, 0) is 11.2 Å². The average Bonchev–Trinajstić information content (AvgIpc) is 2.46. The fraction of sp³-hybridized carbons (Fsp3) is 0.250. The zero-order valence-electron chi connectivity index (χ0n) is 10.2. The first-order valence-electron chi connectivity index (χ1n) is 5.77. The molecule has 2 heterocycles. The van der Waals surface area contributed by atoms with Crippen LogP contribution in [0.3, 0.4) is 0 Å². The van der Waals surface area contributed by atoms with Gasteiger partial charge in [0.15, 0.2) is 12.7 Å². The molecule has 0 saturated heterocycles. The highest BCUT2D eigenvalue weighted by Crippen LogP contribution is 2.11. The Kier molecular flexibility index (Phi) is 4.09. The molecule has 98 valence electrons. The van der Waals surface area contributed by atoms with Crippen molar-refractivity contribution in [3.05, 3.63) is 37.1 Å². The summed E-state index contributed by atoms with van der Waals surface area (Å²) in [5.74, 6) is -1.00. The Hall–Kier alpha value is -2.41. The highest BCUT2D eigenvalue weighted by molar-refractivity contribution is 5.72. The van der Waals surface area contributed by atoms with Crippen LogP contribution < -0.4 is 10.4 Å². The van der Waals surface area contributed by atoms with Crippen molar-refractivity contribution in [3.63, 3.8) is 0 Å². The zero-order chi connectivity index (χ0) is 13.7. The minimum atomic E-state index is -1.00. The summed E-state index contributed by atoms with van der Waals surface area (Å²) in [5, 5.41) is 12.9. The van der Waals surface area contributed by atoms with Gasteiger partial charge in [-0.15, -0.1) is 0 Å². The maximum Gasteiger partial charge on any atom is 0.320 e. The second-order valence-corrected chi connectivity index (χ2v) is 4.01. The number of carboxylic acid groups (broad SMARTS) is 1. The Labute approximate surface area is 109 Å². The lowest BCUT2D eigenvalue weighted by atomic mass is 10.2. The van der Waals surface area contributed by atoms with Crippen molar-refractivity contribution in [2.45, 2.75) is 19.0 Å². The van der Waals surface area contributed by atoms with Crippen molar-refractivity contribution < 1.29 is 14.6 Å². The SMILES string of the molecule is N[C@H](CC[n+]1ccc(-c2ccncn2)cn1)C(=O)O. The molecule has 2 aromatic heterocycles. The second-order valence-electron chi connectivity index (χ2n) is 4.01. The van der Waals surface area contributed by atoms with Crippen LogP contribution in [0, 0.1) is 0 Å². The molecule has 0 bridgehead atoms. The van der Waals surface area contributed by atoms with E-state index in [2.05, 4.69) is 15.1 Å². The quantitative estimate of drug-likeness (QED) is 0.710. The normalized spacial score (nSPS) is 12.1. The van der Waals surface area contributed by atoms with Gasteiger partial charge >= 0.3 is 5.97 Å². The summed E-state index contributed by atoms with van der Waals surface area (Å²) in [6.07, 6.45) is 6.91. The molecule has 3 N–H and O–H groups in total. The van der Waals surface area contributed by atoms with Crippen molar-refractivity contribution in [3.8, 4) is 11.3 Å². The smallest absolute Gasteiger partial charge is 0.320 e. The molecule has 2 aromatic rings. The highest BCUT2D eigenvalue weighted by atomic mass is 16.4. The summed E-state index contributed by atoms with van der Waals surface area (Å²) in [4.78, 5) is 18.6. The maximum atomic E-state index is 10.6. The van der Waals surface area contributed by atoms with Crippen LogP contribution in [0.1, 0.15) is 6.42 Å². The summed E-state index contributed by atoms with van der Waals surface area (Å²) < 4.78 is 1.65. The van der Waals surface area contributed by atoms with E-state index >= 15 is 0 Å². The van der Waals surface area contributed by atoms with Crippen molar-refractivity contribution in [1.82, 2.24) is 15.1 Å². The number of carbonyl (C=O) groups is 1. The standard InChI is InChI=1S/C12H13N5O2/c13-10(12(18)19)3-6-17-5-2-9(7-16-17)11-1-4-14-8-15-11/h1-2,4-5,7-8,10H,3,6,13H2/p+1/t10-/m1/s1. The first-order valence-corrected chi connectivity index (χ1v) is 5.77. The molecule has 0 fully saturated rings. The number of aryl methyl sites for hydroxylation is 1. The number of aliphatic carboxylic acids is 1. The first kappa shape index (κ1) is 13.0. The summed E-state index contributed by atoms with van der Waals surface area (Å²) >= 11 is 0. The average molecular weight is 260 g/mol. The molecule has 0 amide bonds. The van der Waals surface area contributed by atoms with E-state index in [-0.39, 0.29) is 0 Å². The molecule has 0 spiro atoms. The molecule has 2 rings (SSSR count). The fourth-order valence-corrected chi connectivity index (χ4v) is 1.52. The Bertz CT molecular complexity index is 544. The molecule has 0 radical (unpaired) electrons. The lowest BCUT2D eigenvalue weighted by Crippen LogP contribution is -2.42. The third kappa shape index (κ3) is 3.52. The van der Waals surface area contributed by atoms with Crippen LogP contribution in [0.4, 0.5) is 0 Å². The monoisotopic (exact) mass is 260 g/mol. The highest BCUT2D eigenvalue weighted by Gasteiger charge is 2.14. The molecular weight excluding hydrogens is 246 g/mol. The summed E-state index contributed by atoms with van der Waals surface area (Å²) in [6, 6.07) is 2.79. The van der Waals surface area contributed by atoms with Crippen molar-refractivity contribution in [1.29, 1.82) is 0 Å². The molecule has 1 atom stereocenters. The van der Waals surface area contributed by atoms with Gasteiger partial charge in [-0.2, -0.15) is 0 Å². The van der Waals surface area contributed by atoms with Crippen LogP contribution >= 0.6 is 0 Å². The molecule has 7 nitrogen and oxygen atoms in total. The van der Waals surface area contributed by atoms with Gasteiger partial charge in [-0.25, -0.2) is 9.97 Å². The number of carboxylic acids is 1. The topological polar surface area (TPSA) is 106 Å². The van der Waals surface area contributed by atoms with Gasteiger partial charge in [0.2, 0.25) is 0 Å². The number of nitrogens with zero attached hydrogens (tertiary/aromatic N) is 4. The van der Waals surface area contributed by atoms with Crippen molar-refractivity contribution in [2.75, 3.05) is 0 Å². The van der Waals surface area contributed by atoms with E-state index in [1.165, 1.54) is 6.33 Å². The Balaban J connectivity index is 2.01. The van der Waals surface area contributed by atoms with Gasteiger partial charge in [0.1, 0.15) is 18.6 Å². The number of aromatic nitrogens is 4. The largest absolute Gasteiger partial charge is 0.480 e. The molecule has 0 aromatic carbocycles. The van der Waals surface area contributed by atoms with Crippen LogP contribution in [-0.2, 0) is 11.3 Å².